The predicted octanol–water partition coefficient (Wildman–Crippen LogP) is 2.20. The fourth-order valence-electron chi connectivity index (χ4n) is 2.32. The number of nitrogens with one attached hydrogen (secondary N) is 1. The van der Waals surface area contributed by atoms with Crippen LogP contribution in [0.2, 0.25) is 5.02 Å². The third-order valence-electron chi connectivity index (χ3n) is 3.34. The van der Waals surface area contributed by atoms with Gasteiger partial charge in [0.1, 0.15) is 11.9 Å². The molecule has 1 aromatic carbocycles. The fourth-order valence-corrected chi connectivity index (χ4v) is 2.57. The van der Waals surface area contributed by atoms with E-state index < -0.39 is 0 Å². The van der Waals surface area contributed by atoms with Gasteiger partial charge in [0.05, 0.1) is 37.0 Å². The van der Waals surface area contributed by atoms with Crippen molar-refractivity contribution in [3.05, 3.63) is 41.4 Å². The number of hydrogen-bond donors (Lipinski definition) is 1. The maximum Gasteiger partial charge on any atom is 0.137 e. The molecule has 0 bridgehead atoms. The van der Waals surface area contributed by atoms with E-state index in [-0.39, 0.29) is 6.10 Å². The van der Waals surface area contributed by atoms with E-state index in [1.54, 1.807) is 13.4 Å². The van der Waals surface area contributed by atoms with E-state index in [4.69, 9.17) is 21.1 Å². The number of methoxy groups -OCH3 is 1. The Bertz CT molecular complexity index is 594. The molecule has 106 valence electrons. The number of rotatable bonds is 3. The summed E-state index contributed by atoms with van der Waals surface area (Å²) in [7, 11) is 1.60. The van der Waals surface area contributed by atoms with Gasteiger partial charge in [-0.2, -0.15) is 0 Å². The van der Waals surface area contributed by atoms with Crippen LogP contribution in [0.25, 0.3) is 5.69 Å². The molecule has 1 saturated heterocycles. The molecular weight excluding hydrogens is 278 g/mol. The summed E-state index contributed by atoms with van der Waals surface area (Å²) in [5.41, 5.74) is 1.95. The number of morpholine rings is 1. The van der Waals surface area contributed by atoms with Gasteiger partial charge in [0, 0.05) is 18.8 Å². The van der Waals surface area contributed by atoms with Gasteiger partial charge in [-0.05, 0) is 18.2 Å². The molecule has 0 spiro atoms. The number of benzene rings is 1. The minimum Gasteiger partial charge on any atom is -0.495 e. The van der Waals surface area contributed by atoms with E-state index in [0.29, 0.717) is 17.4 Å². The largest absolute Gasteiger partial charge is 0.495 e. The Morgan fingerprint density at radius 1 is 1.50 bits per heavy atom. The number of nitrogens with zero attached hydrogens (tertiary/aromatic N) is 2. The van der Waals surface area contributed by atoms with Crippen LogP contribution in [0.3, 0.4) is 0 Å². The molecule has 1 N–H and O–H groups in total. The Kier molecular flexibility index (Phi) is 3.91. The summed E-state index contributed by atoms with van der Waals surface area (Å²) in [6.45, 7) is 2.38. The van der Waals surface area contributed by atoms with Crippen LogP contribution in [0.1, 0.15) is 11.8 Å². The lowest BCUT2D eigenvalue weighted by Crippen LogP contribution is -2.34. The van der Waals surface area contributed by atoms with Gasteiger partial charge in [-0.1, -0.05) is 11.6 Å². The molecule has 1 aromatic heterocycles. The molecule has 5 nitrogen and oxygen atoms in total. The minimum absolute atomic E-state index is 0.00660. The van der Waals surface area contributed by atoms with E-state index >= 15 is 0 Å². The SMILES string of the molecule is COc1ccc(-n2cncc2C2CNCCO2)cc1Cl. The molecule has 3 rings (SSSR count). The second-order valence-electron chi connectivity index (χ2n) is 4.57. The van der Waals surface area contributed by atoms with Crippen molar-refractivity contribution >= 4 is 11.6 Å². The highest BCUT2D eigenvalue weighted by Crippen LogP contribution is 2.28. The third-order valence-corrected chi connectivity index (χ3v) is 3.63. The van der Waals surface area contributed by atoms with Gasteiger partial charge in [0.15, 0.2) is 0 Å². The molecule has 0 radical (unpaired) electrons. The summed E-state index contributed by atoms with van der Waals surface area (Å²) in [6, 6.07) is 5.66. The number of imidazole rings is 1. The standard InChI is InChI=1S/C14H16ClN3O2/c1-19-13-3-2-10(6-11(13)15)18-9-17-7-12(18)14-8-16-4-5-20-14/h2-3,6-7,9,14,16H,4-5,8H2,1H3. The first-order chi connectivity index (χ1) is 9.79. The van der Waals surface area contributed by atoms with Crippen LogP contribution in [-0.2, 0) is 4.74 Å². The van der Waals surface area contributed by atoms with Crippen LogP contribution < -0.4 is 10.1 Å². The summed E-state index contributed by atoms with van der Waals surface area (Å²) in [4.78, 5) is 4.23. The Hall–Kier alpha value is -1.56. The van der Waals surface area contributed by atoms with Gasteiger partial charge in [0.2, 0.25) is 0 Å². The smallest absolute Gasteiger partial charge is 0.137 e. The lowest BCUT2D eigenvalue weighted by Gasteiger charge is -2.24. The van der Waals surface area contributed by atoms with Crippen LogP contribution in [-0.4, -0.2) is 36.4 Å². The maximum absolute atomic E-state index is 6.18. The lowest BCUT2D eigenvalue weighted by atomic mass is 10.2. The van der Waals surface area contributed by atoms with E-state index in [0.717, 1.165) is 24.5 Å². The zero-order valence-electron chi connectivity index (χ0n) is 11.2. The van der Waals surface area contributed by atoms with Gasteiger partial charge < -0.3 is 19.4 Å². The molecule has 2 aromatic rings. The lowest BCUT2D eigenvalue weighted by molar-refractivity contribution is 0.0240. The monoisotopic (exact) mass is 293 g/mol. The summed E-state index contributed by atoms with van der Waals surface area (Å²) >= 11 is 6.18. The molecular formula is C14H16ClN3O2. The quantitative estimate of drug-likeness (QED) is 0.942. The van der Waals surface area contributed by atoms with Crippen molar-refractivity contribution in [2.24, 2.45) is 0 Å². The highest BCUT2D eigenvalue weighted by Gasteiger charge is 2.20. The van der Waals surface area contributed by atoms with Gasteiger partial charge in [0.25, 0.3) is 0 Å². The van der Waals surface area contributed by atoms with Crippen molar-refractivity contribution in [3.63, 3.8) is 0 Å². The zero-order chi connectivity index (χ0) is 13.9. The predicted molar refractivity (Wildman–Crippen MR) is 76.7 cm³/mol. The van der Waals surface area contributed by atoms with Crippen LogP contribution in [0.4, 0.5) is 0 Å². The topological polar surface area (TPSA) is 48.3 Å². The number of halogens is 1. The van der Waals surface area contributed by atoms with E-state index in [2.05, 4.69) is 10.3 Å². The fraction of sp³-hybridized carbons (Fsp3) is 0.357. The number of aromatic nitrogens is 2. The van der Waals surface area contributed by atoms with E-state index in [1.165, 1.54) is 0 Å². The Morgan fingerprint density at radius 2 is 2.40 bits per heavy atom. The first kappa shape index (κ1) is 13.4. The molecule has 1 unspecified atom stereocenters. The molecule has 1 atom stereocenters. The van der Waals surface area contributed by atoms with Crippen molar-refractivity contribution in [3.8, 4) is 11.4 Å². The molecule has 1 fully saturated rings. The molecule has 20 heavy (non-hydrogen) atoms. The summed E-state index contributed by atoms with van der Waals surface area (Å²) in [5.74, 6) is 0.660. The second kappa shape index (κ2) is 5.83. The van der Waals surface area contributed by atoms with Gasteiger partial charge in [-0.15, -0.1) is 0 Å². The average molecular weight is 294 g/mol. The Labute approximate surface area is 122 Å². The minimum atomic E-state index is 0.00660. The van der Waals surface area contributed by atoms with Crippen molar-refractivity contribution < 1.29 is 9.47 Å². The van der Waals surface area contributed by atoms with Crippen molar-refractivity contribution in [1.29, 1.82) is 0 Å². The van der Waals surface area contributed by atoms with Gasteiger partial charge in [-0.25, -0.2) is 4.98 Å². The number of hydrogen-bond acceptors (Lipinski definition) is 4. The molecule has 0 aliphatic carbocycles. The third kappa shape index (κ3) is 2.52. The normalized spacial score (nSPS) is 19.0. The highest BCUT2D eigenvalue weighted by molar-refractivity contribution is 6.32. The number of ether oxygens (including phenoxy) is 2. The van der Waals surface area contributed by atoms with E-state index in [9.17, 15) is 0 Å². The van der Waals surface area contributed by atoms with Gasteiger partial charge in [-0.3, -0.25) is 0 Å². The molecule has 1 aliphatic rings. The first-order valence-corrected chi connectivity index (χ1v) is 6.86. The average Bonchev–Trinajstić information content (AvgIpc) is 2.97. The van der Waals surface area contributed by atoms with Crippen LogP contribution in [0, 0.1) is 0 Å². The summed E-state index contributed by atoms with van der Waals surface area (Å²) in [5, 5.41) is 3.90. The molecule has 1 aliphatic heterocycles. The van der Waals surface area contributed by atoms with Crippen molar-refractivity contribution in [1.82, 2.24) is 14.9 Å². The van der Waals surface area contributed by atoms with Crippen LogP contribution in [0.15, 0.2) is 30.7 Å². The first-order valence-electron chi connectivity index (χ1n) is 6.48. The zero-order valence-corrected chi connectivity index (χ0v) is 11.9. The summed E-state index contributed by atoms with van der Waals surface area (Å²) < 4.78 is 12.9. The van der Waals surface area contributed by atoms with Crippen LogP contribution in [0.5, 0.6) is 5.75 Å². The Morgan fingerprint density at radius 3 is 3.10 bits per heavy atom. The maximum atomic E-state index is 6.18. The van der Waals surface area contributed by atoms with E-state index in [1.807, 2.05) is 29.0 Å². The Balaban J connectivity index is 1.94. The molecule has 0 amide bonds. The van der Waals surface area contributed by atoms with Crippen molar-refractivity contribution in [2.75, 3.05) is 26.8 Å². The van der Waals surface area contributed by atoms with Crippen LogP contribution >= 0.6 is 11.6 Å². The summed E-state index contributed by atoms with van der Waals surface area (Å²) in [6.07, 6.45) is 3.61. The highest BCUT2D eigenvalue weighted by atomic mass is 35.5. The molecule has 2 heterocycles. The molecule has 6 heteroatoms. The molecule has 0 saturated carbocycles. The van der Waals surface area contributed by atoms with Crippen molar-refractivity contribution in [2.45, 2.75) is 6.10 Å². The second-order valence-corrected chi connectivity index (χ2v) is 4.98. The van der Waals surface area contributed by atoms with Gasteiger partial charge >= 0.3 is 0 Å².